The highest BCUT2D eigenvalue weighted by atomic mass is 28.4. The fourth-order valence-electron chi connectivity index (χ4n) is 4.54. The van der Waals surface area contributed by atoms with Crippen molar-refractivity contribution in [1.29, 1.82) is 0 Å². The lowest BCUT2D eigenvalue weighted by Gasteiger charge is -2.53. The first-order chi connectivity index (χ1) is 16.9. The molecule has 0 aromatic heterocycles. The van der Waals surface area contributed by atoms with Gasteiger partial charge in [0.25, 0.3) is 5.91 Å². The van der Waals surface area contributed by atoms with E-state index in [4.69, 9.17) is 18.6 Å². The molecule has 1 amide bonds. The summed E-state index contributed by atoms with van der Waals surface area (Å²) in [5.41, 5.74) is 2.11. The molecule has 0 N–H and O–H groups in total. The zero-order valence-corrected chi connectivity index (χ0v) is 23.7. The minimum atomic E-state index is -2.22. The molecule has 6 nitrogen and oxygen atoms in total. The molecule has 0 aliphatic carbocycles. The molecule has 0 saturated carbocycles. The molecule has 2 saturated heterocycles. The van der Waals surface area contributed by atoms with Crippen molar-refractivity contribution in [2.75, 3.05) is 6.61 Å². The van der Waals surface area contributed by atoms with Gasteiger partial charge in [-0.15, -0.1) is 0 Å². The van der Waals surface area contributed by atoms with Gasteiger partial charge in [0.05, 0.1) is 25.4 Å². The van der Waals surface area contributed by atoms with Crippen LogP contribution in [0.25, 0.3) is 0 Å². The van der Waals surface area contributed by atoms with Gasteiger partial charge in [-0.05, 0) is 43.1 Å². The SMILES string of the molecule is CC1(C)OC[C@@H]([C@@H](O[Si](C)(C)C(C)(C)C)[C@H]2[C@@H](OCc3ccccc3)C(=O)N2Cc2ccccc2)O1. The summed E-state index contributed by atoms with van der Waals surface area (Å²) < 4.78 is 25.7. The van der Waals surface area contributed by atoms with Gasteiger partial charge in [-0.25, -0.2) is 0 Å². The second-order valence-electron chi connectivity index (χ2n) is 11.9. The van der Waals surface area contributed by atoms with E-state index in [1.54, 1.807) is 0 Å². The van der Waals surface area contributed by atoms with Crippen LogP contribution in [-0.4, -0.2) is 55.9 Å². The summed E-state index contributed by atoms with van der Waals surface area (Å²) in [7, 11) is -2.22. The molecule has 7 heteroatoms. The quantitative estimate of drug-likeness (QED) is 0.328. The minimum absolute atomic E-state index is 0.00135. The average molecular weight is 512 g/mol. The molecular weight excluding hydrogens is 470 g/mol. The largest absolute Gasteiger partial charge is 0.409 e. The topological polar surface area (TPSA) is 57.2 Å². The molecule has 2 aromatic carbocycles. The van der Waals surface area contributed by atoms with Crippen LogP contribution in [0.2, 0.25) is 18.1 Å². The number of likely N-dealkylation sites (tertiary alicyclic amines) is 1. The lowest BCUT2D eigenvalue weighted by Crippen LogP contribution is -2.72. The summed E-state index contributed by atoms with van der Waals surface area (Å²) in [6.07, 6.45) is -1.26. The Bertz CT molecular complexity index is 1020. The Balaban J connectivity index is 1.65. The number of carbonyl (C=O) groups excluding carboxylic acids is 1. The fraction of sp³-hybridized carbons (Fsp3) is 0.552. The maximum Gasteiger partial charge on any atom is 0.254 e. The first-order valence-electron chi connectivity index (χ1n) is 12.9. The van der Waals surface area contributed by atoms with Crippen molar-refractivity contribution in [2.45, 2.75) is 96.0 Å². The standard InChI is InChI=1S/C29H41NO5Si/c1-28(2,3)36(6,7)35-25(23-20-33-29(4,5)34-23)24-26(32-19-22-16-12-9-13-17-22)27(31)30(24)18-21-14-10-8-11-15-21/h8-17,23-26H,18-20H2,1-7H3/t23-,24-,25+,26+/m0/s1. The van der Waals surface area contributed by atoms with Crippen molar-refractivity contribution < 1.29 is 23.4 Å². The van der Waals surface area contributed by atoms with Gasteiger partial charge in [-0.3, -0.25) is 4.79 Å². The van der Waals surface area contributed by atoms with Crippen LogP contribution in [0.15, 0.2) is 60.7 Å². The Morgan fingerprint density at radius 1 is 1.03 bits per heavy atom. The van der Waals surface area contributed by atoms with Gasteiger partial charge < -0.3 is 23.5 Å². The van der Waals surface area contributed by atoms with Crippen LogP contribution in [0.3, 0.4) is 0 Å². The van der Waals surface area contributed by atoms with E-state index in [1.807, 2.05) is 79.4 Å². The third kappa shape index (κ3) is 5.92. The highest BCUT2D eigenvalue weighted by Crippen LogP contribution is 2.42. The minimum Gasteiger partial charge on any atom is -0.409 e. The van der Waals surface area contributed by atoms with Gasteiger partial charge >= 0.3 is 0 Å². The Labute approximate surface area is 217 Å². The average Bonchev–Trinajstić information content (AvgIpc) is 3.19. The molecule has 4 rings (SSSR count). The van der Waals surface area contributed by atoms with E-state index in [0.29, 0.717) is 19.8 Å². The van der Waals surface area contributed by atoms with Crippen molar-refractivity contribution in [3.8, 4) is 0 Å². The van der Waals surface area contributed by atoms with Crippen LogP contribution in [0.4, 0.5) is 0 Å². The number of hydrogen-bond acceptors (Lipinski definition) is 5. The van der Waals surface area contributed by atoms with Crippen LogP contribution in [0, 0.1) is 0 Å². The predicted octanol–water partition coefficient (Wildman–Crippen LogP) is 5.52. The second-order valence-corrected chi connectivity index (χ2v) is 16.6. The second kappa shape index (κ2) is 10.4. The molecule has 2 fully saturated rings. The summed E-state index contributed by atoms with van der Waals surface area (Å²) in [4.78, 5) is 15.4. The molecule has 0 unspecified atom stereocenters. The van der Waals surface area contributed by atoms with E-state index in [-0.39, 0.29) is 29.2 Å². The van der Waals surface area contributed by atoms with Gasteiger partial charge in [0, 0.05) is 6.54 Å². The first-order valence-corrected chi connectivity index (χ1v) is 15.8. The summed E-state index contributed by atoms with van der Waals surface area (Å²) in [5, 5.41) is -0.00135. The van der Waals surface area contributed by atoms with Gasteiger partial charge in [0.15, 0.2) is 20.2 Å². The smallest absolute Gasteiger partial charge is 0.254 e. The van der Waals surface area contributed by atoms with E-state index in [0.717, 1.165) is 11.1 Å². The fourth-order valence-corrected chi connectivity index (χ4v) is 5.87. The van der Waals surface area contributed by atoms with Crippen molar-refractivity contribution >= 4 is 14.2 Å². The van der Waals surface area contributed by atoms with E-state index < -0.39 is 20.2 Å². The Morgan fingerprint density at radius 3 is 2.14 bits per heavy atom. The van der Waals surface area contributed by atoms with Crippen LogP contribution in [0.5, 0.6) is 0 Å². The molecule has 4 atom stereocenters. The van der Waals surface area contributed by atoms with E-state index >= 15 is 0 Å². The van der Waals surface area contributed by atoms with Gasteiger partial charge in [-0.1, -0.05) is 81.4 Å². The van der Waals surface area contributed by atoms with Crippen molar-refractivity contribution in [1.82, 2.24) is 4.90 Å². The highest BCUT2D eigenvalue weighted by molar-refractivity contribution is 6.74. The molecule has 2 aromatic rings. The zero-order valence-electron chi connectivity index (χ0n) is 22.7. The summed E-state index contributed by atoms with van der Waals surface area (Å²) in [5.74, 6) is -0.709. The zero-order chi connectivity index (χ0) is 26.1. The van der Waals surface area contributed by atoms with Gasteiger partial charge in [0.1, 0.15) is 6.10 Å². The number of ether oxygens (including phenoxy) is 3. The van der Waals surface area contributed by atoms with Crippen LogP contribution in [-0.2, 0) is 36.6 Å². The van der Waals surface area contributed by atoms with Gasteiger partial charge in [-0.2, -0.15) is 0 Å². The number of carbonyl (C=O) groups is 1. The number of rotatable bonds is 9. The first kappa shape index (κ1) is 27.0. The number of benzene rings is 2. The molecule has 2 heterocycles. The third-order valence-electron chi connectivity index (χ3n) is 7.63. The highest BCUT2D eigenvalue weighted by Gasteiger charge is 2.58. The van der Waals surface area contributed by atoms with E-state index in [2.05, 4.69) is 33.9 Å². The number of nitrogens with zero attached hydrogens (tertiary/aromatic N) is 1. The summed E-state index contributed by atoms with van der Waals surface area (Å²) in [6.45, 7) is 16.3. The number of hydrogen-bond donors (Lipinski definition) is 0. The maximum atomic E-state index is 13.5. The maximum absolute atomic E-state index is 13.5. The lowest BCUT2D eigenvalue weighted by molar-refractivity contribution is -0.200. The molecule has 0 radical (unpaired) electrons. The molecule has 196 valence electrons. The van der Waals surface area contributed by atoms with Crippen LogP contribution >= 0.6 is 0 Å². The van der Waals surface area contributed by atoms with E-state index in [9.17, 15) is 4.79 Å². The van der Waals surface area contributed by atoms with Crippen LogP contribution < -0.4 is 0 Å². The monoisotopic (exact) mass is 511 g/mol. The van der Waals surface area contributed by atoms with Crippen molar-refractivity contribution in [3.05, 3.63) is 71.8 Å². The normalized spacial score (nSPS) is 25.0. The molecule has 2 aliphatic rings. The molecule has 36 heavy (non-hydrogen) atoms. The Morgan fingerprint density at radius 2 is 1.61 bits per heavy atom. The molecular formula is C29H41NO5Si. The molecule has 0 spiro atoms. The predicted molar refractivity (Wildman–Crippen MR) is 143 cm³/mol. The summed E-state index contributed by atoms with van der Waals surface area (Å²) in [6, 6.07) is 19.8. The lowest BCUT2D eigenvalue weighted by atomic mass is 9.89. The van der Waals surface area contributed by atoms with Crippen LogP contribution in [0.1, 0.15) is 45.7 Å². The number of amides is 1. The summed E-state index contributed by atoms with van der Waals surface area (Å²) >= 11 is 0. The van der Waals surface area contributed by atoms with Crippen molar-refractivity contribution in [2.24, 2.45) is 0 Å². The third-order valence-corrected chi connectivity index (χ3v) is 12.1. The Kier molecular flexibility index (Phi) is 7.79. The van der Waals surface area contributed by atoms with E-state index in [1.165, 1.54) is 0 Å². The molecule has 0 bridgehead atoms. The van der Waals surface area contributed by atoms with Gasteiger partial charge in [0.2, 0.25) is 0 Å². The van der Waals surface area contributed by atoms with Crippen molar-refractivity contribution in [3.63, 3.8) is 0 Å². The Hall–Kier alpha value is -2.03. The molecule has 2 aliphatic heterocycles. The number of β-lactam (4-membered cyclic amide) rings is 1.